The van der Waals surface area contributed by atoms with Crippen LogP contribution in [0.5, 0.6) is 0 Å². The first-order valence-electron chi connectivity index (χ1n) is 10.7. The summed E-state index contributed by atoms with van der Waals surface area (Å²) in [6, 6.07) is 15.4. The highest BCUT2D eigenvalue weighted by atomic mass is 35.5. The fourth-order valence-corrected chi connectivity index (χ4v) is 4.52. The maximum atomic E-state index is 12.1. The topological polar surface area (TPSA) is 62.2 Å². The summed E-state index contributed by atoms with van der Waals surface area (Å²) >= 11 is 12.3. The molecule has 2 aromatic heterocycles. The fraction of sp³-hybridized carbons (Fsp3) is 0.292. The van der Waals surface area contributed by atoms with Gasteiger partial charge in [0.05, 0.1) is 22.4 Å². The number of hydrogen-bond acceptors (Lipinski definition) is 3. The van der Waals surface area contributed by atoms with E-state index in [1.165, 1.54) is 0 Å². The van der Waals surface area contributed by atoms with Gasteiger partial charge in [-0.3, -0.25) is 9.78 Å². The van der Waals surface area contributed by atoms with E-state index in [1.807, 2.05) is 56.3 Å². The molecule has 166 valence electrons. The minimum Gasteiger partial charge on any atom is -0.351 e. The summed E-state index contributed by atoms with van der Waals surface area (Å²) in [7, 11) is 0. The van der Waals surface area contributed by atoms with Gasteiger partial charge in [-0.05, 0) is 61.6 Å². The van der Waals surface area contributed by atoms with Crippen LogP contribution in [-0.2, 0) is 11.3 Å². The third-order valence-corrected chi connectivity index (χ3v) is 6.25. The van der Waals surface area contributed by atoms with Crippen LogP contribution in [0.3, 0.4) is 0 Å². The van der Waals surface area contributed by atoms with Crippen LogP contribution in [-0.4, -0.2) is 20.6 Å². The number of nitrogens with one attached hydrogen (secondary N) is 2. The third kappa shape index (κ3) is 4.23. The van der Waals surface area contributed by atoms with Gasteiger partial charge in [0.2, 0.25) is 5.91 Å². The number of aromatic nitrogens is 2. The van der Waals surface area contributed by atoms with Gasteiger partial charge in [-0.25, -0.2) is 0 Å². The van der Waals surface area contributed by atoms with Crippen molar-refractivity contribution < 1.29 is 4.79 Å². The van der Waals surface area contributed by atoms with Crippen molar-refractivity contribution in [3.8, 4) is 0 Å². The van der Waals surface area contributed by atoms with Crippen LogP contribution < -0.4 is 15.5 Å². The van der Waals surface area contributed by atoms with E-state index in [9.17, 15) is 4.79 Å². The molecule has 2 unspecified atom stereocenters. The predicted molar refractivity (Wildman–Crippen MR) is 133 cm³/mol. The van der Waals surface area contributed by atoms with Gasteiger partial charge in [-0.2, -0.15) is 0 Å². The number of amides is 1. The first-order chi connectivity index (χ1) is 15.4. The molecule has 1 aliphatic heterocycles. The lowest BCUT2D eigenvalue weighted by atomic mass is 10.0. The normalized spacial score (nSPS) is 18.2. The SMILES string of the molecule is CCn1cccc1C1C(c2ccccn2)NC(=S)N1c1ccc(NC(=O)C(C)C)c(Cl)c1. The Morgan fingerprint density at radius 2 is 2.06 bits per heavy atom. The molecule has 0 saturated carbocycles. The lowest BCUT2D eigenvalue weighted by molar-refractivity contribution is -0.118. The number of rotatable bonds is 6. The van der Waals surface area contributed by atoms with E-state index in [0.29, 0.717) is 15.8 Å². The number of carbonyl (C=O) groups excluding carboxylic acids is 1. The molecule has 1 amide bonds. The summed E-state index contributed by atoms with van der Waals surface area (Å²) < 4.78 is 2.21. The van der Waals surface area contributed by atoms with Crippen molar-refractivity contribution in [2.75, 3.05) is 10.2 Å². The average molecular weight is 468 g/mol. The van der Waals surface area contributed by atoms with Crippen molar-refractivity contribution in [1.29, 1.82) is 0 Å². The second kappa shape index (κ2) is 9.30. The van der Waals surface area contributed by atoms with Crippen molar-refractivity contribution in [1.82, 2.24) is 14.9 Å². The summed E-state index contributed by atoms with van der Waals surface area (Å²) in [5, 5.41) is 7.40. The minimum absolute atomic E-state index is 0.0770. The monoisotopic (exact) mass is 467 g/mol. The zero-order valence-electron chi connectivity index (χ0n) is 18.2. The summed E-state index contributed by atoms with van der Waals surface area (Å²) in [6.45, 7) is 6.65. The van der Waals surface area contributed by atoms with Crippen LogP contribution in [0.15, 0.2) is 60.9 Å². The number of benzene rings is 1. The molecule has 3 aromatic rings. The summed E-state index contributed by atoms with van der Waals surface area (Å²) in [4.78, 5) is 18.8. The predicted octanol–water partition coefficient (Wildman–Crippen LogP) is 5.33. The van der Waals surface area contributed by atoms with Gasteiger partial charge >= 0.3 is 0 Å². The maximum Gasteiger partial charge on any atom is 0.226 e. The van der Waals surface area contributed by atoms with Gasteiger partial charge in [0, 0.05) is 36.2 Å². The highest BCUT2D eigenvalue weighted by Crippen LogP contribution is 2.42. The van der Waals surface area contributed by atoms with E-state index in [2.05, 4.69) is 44.3 Å². The van der Waals surface area contributed by atoms with Crippen LogP contribution in [0.4, 0.5) is 11.4 Å². The molecule has 32 heavy (non-hydrogen) atoms. The van der Waals surface area contributed by atoms with E-state index in [0.717, 1.165) is 23.6 Å². The Hall–Kier alpha value is -2.90. The first-order valence-corrected chi connectivity index (χ1v) is 11.5. The molecule has 0 aliphatic carbocycles. The zero-order chi connectivity index (χ0) is 22.8. The van der Waals surface area contributed by atoms with Crippen LogP contribution in [0.25, 0.3) is 0 Å². The molecule has 2 atom stereocenters. The highest BCUT2D eigenvalue weighted by molar-refractivity contribution is 7.80. The maximum absolute atomic E-state index is 12.1. The summed E-state index contributed by atoms with van der Waals surface area (Å²) in [5.41, 5.74) is 3.48. The standard InChI is InChI=1S/C24H26ClN5OS/c1-4-29-13-7-9-20(29)22-21(19-8-5-6-12-26-19)28-24(32)30(22)16-10-11-18(17(25)14-16)27-23(31)15(2)3/h5-15,21-22H,4H2,1-3H3,(H,27,31)(H,28,32). The summed E-state index contributed by atoms with van der Waals surface area (Å²) in [5.74, 6) is -0.210. The number of hydrogen-bond donors (Lipinski definition) is 2. The smallest absolute Gasteiger partial charge is 0.226 e. The Morgan fingerprint density at radius 1 is 1.25 bits per heavy atom. The number of pyridine rings is 1. The second-order valence-corrected chi connectivity index (χ2v) is 8.82. The van der Waals surface area contributed by atoms with Gasteiger partial charge in [0.1, 0.15) is 6.04 Å². The Bertz CT molecular complexity index is 1130. The van der Waals surface area contributed by atoms with Crippen molar-refractivity contribution in [3.63, 3.8) is 0 Å². The van der Waals surface area contributed by atoms with E-state index in [1.54, 1.807) is 6.20 Å². The van der Waals surface area contributed by atoms with Crippen molar-refractivity contribution in [2.24, 2.45) is 5.92 Å². The van der Waals surface area contributed by atoms with Gasteiger partial charge in [0.25, 0.3) is 0 Å². The number of nitrogens with zero attached hydrogens (tertiary/aromatic N) is 3. The van der Waals surface area contributed by atoms with Crippen LogP contribution in [0.2, 0.25) is 5.02 Å². The Labute approximate surface area is 198 Å². The van der Waals surface area contributed by atoms with Crippen molar-refractivity contribution >= 4 is 46.2 Å². The van der Waals surface area contributed by atoms with E-state index in [-0.39, 0.29) is 23.9 Å². The molecule has 3 heterocycles. The average Bonchev–Trinajstić information content (AvgIpc) is 3.39. The number of carbonyl (C=O) groups is 1. The highest BCUT2D eigenvalue weighted by Gasteiger charge is 2.42. The summed E-state index contributed by atoms with van der Waals surface area (Å²) in [6.07, 6.45) is 3.86. The fourth-order valence-electron chi connectivity index (χ4n) is 3.95. The molecule has 2 N–H and O–H groups in total. The molecule has 1 saturated heterocycles. The van der Waals surface area contributed by atoms with Crippen LogP contribution >= 0.6 is 23.8 Å². The molecule has 1 aromatic carbocycles. The van der Waals surface area contributed by atoms with Crippen molar-refractivity contribution in [3.05, 3.63) is 77.3 Å². The molecular weight excluding hydrogens is 442 g/mol. The molecular formula is C24H26ClN5OS. The van der Waals surface area contributed by atoms with E-state index < -0.39 is 0 Å². The Balaban J connectivity index is 1.75. The molecule has 4 rings (SSSR count). The molecule has 0 radical (unpaired) electrons. The second-order valence-electron chi connectivity index (χ2n) is 8.02. The van der Waals surface area contributed by atoms with Crippen LogP contribution in [0, 0.1) is 5.92 Å². The lowest BCUT2D eigenvalue weighted by Gasteiger charge is -2.29. The number of halogens is 1. The number of aryl methyl sites for hydroxylation is 1. The van der Waals surface area contributed by atoms with Gasteiger partial charge in [-0.1, -0.05) is 31.5 Å². The molecule has 1 fully saturated rings. The number of thiocarbonyl (C=S) groups is 1. The van der Waals surface area contributed by atoms with E-state index in [4.69, 9.17) is 23.8 Å². The van der Waals surface area contributed by atoms with Gasteiger partial charge in [0.15, 0.2) is 5.11 Å². The lowest BCUT2D eigenvalue weighted by Crippen LogP contribution is -2.30. The third-order valence-electron chi connectivity index (χ3n) is 5.62. The first kappa shape index (κ1) is 22.3. The van der Waals surface area contributed by atoms with Gasteiger partial charge in [-0.15, -0.1) is 0 Å². The minimum atomic E-state index is -0.133. The molecule has 1 aliphatic rings. The van der Waals surface area contributed by atoms with E-state index >= 15 is 0 Å². The van der Waals surface area contributed by atoms with Crippen molar-refractivity contribution in [2.45, 2.75) is 39.4 Å². The van der Waals surface area contributed by atoms with Gasteiger partial charge < -0.3 is 20.1 Å². The van der Waals surface area contributed by atoms with Crippen LogP contribution in [0.1, 0.15) is 44.2 Å². The molecule has 6 nitrogen and oxygen atoms in total. The molecule has 8 heteroatoms. The number of anilines is 2. The zero-order valence-corrected chi connectivity index (χ0v) is 19.8. The largest absolute Gasteiger partial charge is 0.351 e. The molecule has 0 bridgehead atoms. The Morgan fingerprint density at radius 3 is 2.72 bits per heavy atom. The quantitative estimate of drug-likeness (QED) is 0.480. The molecule has 0 spiro atoms. The Kier molecular flexibility index (Phi) is 6.48.